The number of hydrogen-bond acceptors (Lipinski definition) is 2. The molecule has 2 saturated carbocycles. The van der Waals surface area contributed by atoms with Crippen molar-refractivity contribution in [2.45, 2.75) is 45.2 Å². The first kappa shape index (κ1) is 13.2. The minimum atomic E-state index is 0.600. The molecule has 4 unspecified atom stereocenters. The van der Waals surface area contributed by atoms with E-state index in [0.29, 0.717) is 6.04 Å². The number of nitrogens with one attached hydrogen (secondary N) is 1. The standard InChI is InChI=1S/C14H19Br2NO/c1-8(12-5-9-2-3-10(12)4-9)17-7-11-6-13(15)14(16)18-11/h6,8-10,12,17H,2-5,7H2,1H3. The van der Waals surface area contributed by atoms with Crippen molar-refractivity contribution in [2.24, 2.45) is 17.8 Å². The molecule has 2 fully saturated rings. The van der Waals surface area contributed by atoms with Gasteiger partial charge in [-0.3, -0.25) is 0 Å². The van der Waals surface area contributed by atoms with Gasteiger partial charge in [0.25, 0.3) is 0 Å². The largest absolute Gasteiger partial charge is 0.452 e. The fourth-order valence-corrected chi connectivity index (χ4v) is 4.46. The topological polar surface area (TPSA) is 25.2 Å². The summed E-state index contributed by atoms with van der Waals surface area (Å²) in [4.78, 5) is 0. The quantitative estimate of drug-likeness (QED) is 0.822. The molecule has 2 aliphatic rings. The lowest BCUT2D eigenvalue weighted by Gasteiger charge is -2.28. The van der Waals surface area contributed by atoms with Gasteiger partial charge in [-0.15, -0.1) is 0 Å². The maximum atomic E-state index is 5.60. The summed E-state index contributed by atoms with van der Waals surface area (Å²) in [6.07, 6.45) is 5.85. The average molecular weight is 377 g/mol. The summed E-state index contributed by atoms with van der Waals surface area (Å²) in [5.41, 5.74) is 0. The lowest BCUT2D eigenvalue weighted by molar-refractivity contribution is 0.255. The second kappa shape index (κ2) is 5.29. The van der Waals surface area contributed by atoms with Crippen molar-refractivity contribution in [3.63, 3.8) is 0 Å². The predicted molar refractivity (Wildman–Crippen MR) is 79.3 cm³/mol. The van der Waals surface area contributed by atoms with Gasteiger partial charge in [0.15, 0.2) is 4.67 Å². The highest BCUT2D eigenvalue weighted by Gasteiger charge is 2.41. The molecule has 0 radical (unpaired) electrons. The van der Waals surface area contributed by atoms with E-state index in [1.54, 1.807) is 0 Å². The predicted octanol–water partition coefficient (Wildman–Crippen LogP) is 4.72. The molecule has 3 rings (SSSR count). The molecule has 100 valence electrons. The van der Waals surface area contributed by atoms with E-state index in [9.17, 15) is 0 Å². The first-order chi connectivity index (χ1) is 8.63. The normalized spacial score (nSPS) is 32.1. The lowest BCUT2D eigenvalue weighted by atomic mass is 9.84. The molecule has 1 aromatic heterocycles. The van der Waals surface area contributed by atoms with E-state index < -0.39 is 0 Å². The molecular formula is C14H19Br2NO. The number of furan rings is 1. The van der Waals surface area contributed by atoms with Crippen LogP contribution in [0.4, 0.5) is 0 Å². The number of fused-ring (bicyclic) bond motifs is 2. The Morgan fingerprint density at radius 3 is 2.78 bits per heavy atom. The van der Waals surface area contributed by atoms with Gasteiger partial charge in [-0.05, 0) is 81.9 Å². The minimum absolute atomic E-state index is 0.600. The van der Waals surface area contributed by atoms with Gasteiger partial charge in [0.1, 0.15) is 5.76 Å². The fourth-order valence-electron chi connectivity index (χ4n) is 3.80. The van der Waals surface area contributed by atoms with Crippen molar-refractivity contribution in [2.75, 3.05) is 0 Å². The summed E-state index contributed by atoms with van der Waals surface area (Å²) in [6, 6.07) is 2.63. The Hall–Kier alpha value is 0.200. The van der Waals surface area contributed by atoms with Crippen molar-refractivity contribution in [1.29, 1.82) is 0 Å². The van der Waals surface area contributed by atoms with E-state index in [2.05, 4.69) is 44.1 Å². The Bertz CT molecular complexity index is 412. The van der Waals surface area contributed by atoms with Crippen molar-refractivity contribution in [3.05, 3.63) is 21.0 Å². The monoisotopic (exact) mass is 375 g/mol. The van der Waals surface area contributed by atoms with E-state index >= 15 is 0 Å². The summed E-state index contributed by atoms with van der Waals surface area (Å²) in [7, 11) is 0. The number of rotatable bonds is 4. The Morgan fingerprint density at radius 2 is 2.22 bits per heavy atom. The first-order valence-corrected chi connectivity index (χ1v) is 8.39. The van der Waals surface area contributed by atoms with Gasteiger partial charge in [0.05, 0.1) is 11.0 Å². The smallest absolute Gasteiger partial charge is 0.183 e. The minimum Gasteiger partial charge on any atom is -0.452 e. The second-order valence-corrected chi connectivity index (χ2v) is 7.42. The van der Waals surface area contributed by atoms with E-state index in [1.165, 1.54) is 25.7 Å². The molecule has 0 aromatic carbocycles. The highest BCUT2D eigenvalue weighted by molar-refractivity contribution is 9.13. The lowest BCUT2D eigenvalue weighted by Crippen LogP contribution is -2.35. The fraction of sp³-hybridized carbons (Fsp3) is 0.714. The van der Waals surface area contributed by atoms with Gasteiger partial charge >= 0.3 is 0 Å². The number of halogens is 2. The molecule has 0 aliphatic heterocycles. The molecule has 2 nitrogen and oxygen atoms in total. The third-order valence-corrected chi connectivity index (χ3v) is 6.44. The Kier molecular flexibility index (Phi) is 3.88. The zero-order valence-corrected chi connectivity index (χ0v) is 13.8. The first-order valence-electron chi connectivity index (χ1n) is 6.80. The van der Waals surface area contributed by atoms with E-state index in [0.717, 1.165) is 39.2 Å². The maximum Gasteiger partial charge on any atom is 0.183 e. The van der Waals surface area contributed by atoms with Crippen LogP contribution >= 0.6 is 31.9 Å². The molecule has 4 atom stereocenters. The highest BCUT2D eigenvalue weighted by Crippen LogP contribution is 2.49. The van der Waals surface area contributed by atoms with Crippen LogP contribution in [-0.4, -0.2) is 6.04 Å². The molecule has 0 saturated heterocycles. The van der Waals surface area contributed by atoms with Crippen LogP contribution in [0.1, 0.15) is 38.4 Å². The molecule has 1 heterocycles. The third kappa shape index (κ3) is 2.56. The molecule has 4 heteroatoms. The third-order valence-electron chi connectivity index (χ3n) is 4.73. The summed E-state index contributed by atoms with van der Waals surface area (Å²) >= 11 is 6.82. The van der Waals surface area contributed by atoms with Gasteiger partial charge in [0, 0.05) is 6.04 Å². The van der Waals surface area contributed by atoms with Gasteiger partial charge in [-0.1, -0.05) is 6.42 Å². The van der Waals surface area contributed by atoms with Crippen LogP contribution in [0.15, 0.2) is 19.6 Å². The van der Waals surface area contributed by atoms with Crippen LogP contribution in [0.25, 0.3) is 0 Å². The van der Waals surface area contributed by atoms with E-state index in [1.807, 2.05) is 6.07 Å². The Balaban J connectivity index is 1.54. The van der Waals surface area contributed by atoms with Crippen LogP contribution in [0.2, 0.25) is 0 Å². The van der Waals surface area contributed by atoms with Crippen molar-refractivity contribution < 1.29 is 4.42 Å². The Morgan fingerprint density at radius 1 is 1.39 bits per heavy atom. The SMILES string of the molecule is CC(NCc1cc(Br)c(Br)o1)C1CC2CCC1C2. The molecule has 2 bridgehead atoms. The zero-order valence-electron chi connectivity index (χ0n) is 10.6. The molecule has 0 spiro atoms. The second-order valence-electron chi connectivity index (χ2n) is 5.84. The molecule has 2 aliphatic carbocycles. The van der Waals surface area contributed by atoms with Crippen molar-refractivity contribution >= 4 is 31.9 Å². The van der Waals surface area contributed by atoms with Crippen LogP contribution in [0.5, 0.6) is 0 Å². The van der Waals surface area contributed by atoms with Crippen LogP contribution in [0.3, 0.4) is 0 Å². The zero-order chi connectivity index (χ0) is 12.7. The molecule has 1 N–H and O–H groups in total. The summed E-state index contributed by atoms with van der Waals surface area (Å²) in [5.74, 6) is 3.87. The molecule has 0 amide bonds. The summed E-state index contributed by atoms with van der Waals surface area (Å²) in [6.45, 7) is 3.15. The van der Waals surface area contributed by atoms with E-state index in [4.69, 9.17) is 4.42 Å². The van der Waals surface area contributed by atoms with Crippen LogP contribution in [0, 0.1) is 17.8 Å². The Labute approximate surface area is 125 Å². The average Bonchev–Trinajstić information content (AvgIpc) is 3.03. The molecule has 18 heavy (non-hydrogen) atoms. The van der Waals surface area contributed by atoms with Gasteiger partial charge in [0.2, 0.25) is 0 Å². The summed E-state index contributed by atoms with van der Waals surface area (Å²) < 4.78 is 7.37. The molecule has 1 aromatic rings. The highest BCUT2D eigenvalue weighted by atomic mass is 79.9. The van der Waals surface area contributed by atoms with Crippen LogP contribution in [-0.2, 0) is 6.54 Å². The van der Waals surface area contributed by atoms with Gasteiger partial charge < -0.3 is 9.73 Å². The van der Waals surface area contributed by atoms with E-state index in [-0.39, 0.29) is 0 Å². The van der Waals surface area contributed by atoms with Gasteiger partial charge in [-0.25, -0.2) is 0 Å². The summed E-state index contributed by atoms with van der Waals surface area (Å²) in [5, 5.41) is 3.63. The molecular weight excluding hydrogens is 358 g/mol. The maximum absolute atomic E-state index is 5.60. The van der Waals surface area contributed by atoms with Crippen molar-refractivity contribution in [3.8, 4) is 0 Å². The number of hydrogen-bond donors (Lipinski definition) is 1. The van der Waals surface area contributed by atoms with Gasteiger partial charge in [-0.2, -0.15) is 0 Å². The van der Waals surface area contributed by atoms with Crippen molar-refractivity contribution in [1.82, 2.24) is 5.32 Å². The van der Waals surface area contributed by atoms with Crippen LogP contribution < -0.4 is 5.32 Å².